The topological polar surface area (TPSA) is 241 Å². The molecule has 0 unspecified atom stereocenters. The summed E-state index contributed by atoms with van der Waals surface area (Å²) in [5.74, 6) is -1.55. The smallest absolute Gasteiger partial charge is 0.305 e. The van der Waals surface area contributed by atoms with Crippen molar-refractivity contribution < 1.29 is 53.9 Å². The van der Waals surface area contributed by atoms with Gasteiger partial charge in [-0.15, -0.1) is 0 Å². The molecule has 0 saturated heterocycles. The van der Waals surface area contributed by atoms with E-state index in [2.05, 4.69) is 182 Å². The SMILES string of the molecule is C.C.CC(C)(CO)[C@@H](O)C(=O)NCCC(=O)NCCS.CC/C=C\C/C=C\C/C=C\C/C=C\C/C=C\CCCC(=O)O.CC/C=C\C/C=C\C/C=C\C/C=C\C/C=C\CCCC(=O)OCC(C)(C)[C@@H](O)C(=O)NCCC(=O)NCCS. The number of unbranched alkanes of at least 4 members (excludes halogenated alkanes) is 2. The van der Waals surface area contributed by atoms with Crippen molar-refractivity contribution in [1.29, 1.82) is 0 Å². The number of aliphatic hydroxyl groups is 3. The van der Waals surface area contributed by atoms with Crippen molar-refractivity contribution in [2.24, 2.45) is 10.8 Å². The first-order valence-electron chi connectivity index (χ1n) is 28.0. The first-order chi connectivity index (χ1) is 37.9. The Labute approximate surface area is 501 Å². The molecule has 0 radical (unpaired) electrons. The van der Waals surface area contributed by atoms with Crippen LogP contribution in [0, 0.1) is 10.8 Å². The van der Waals surface area contributed by atoms with Gasteiger partial charge in [-0.1, -0.05) is 178 Å². The number of esters is 1. The number of aliphatic carboxylic acids is 1. The molecule has 0 aromatic carbocycles. The van der Waals surface area contributed by atoms with Gasteiger partial charge in [0.2, 0.25) is 23.6 Å². The fourth-order valence-corrected chi connectivity index (χ4v) is 6.27. The molecule has 0 heterocycles. The number of hydrogen-bond donors (Lipinski definition) is 10. The molecule has 0 fully saturated rings. The van der Waals surface area contributed by atoms with Gasteiger partial charge < -0.3 is 46.4 Å². The van der Waals surface area contributed by atoms with Crippen molar-refractivity contribution in [3.63, 3.8) is 0 Å². The van der Waals surface area contributed by atoms with Crippen LogP contribution in [0.3, 0.4) is 0 Å². The molecule has 15 nitrogen and oxygen atoms in total. The summed E-state index contributed by atoms with van der Waals surface area (Å²) in [5, 5.41) is 47.8. The minimum absolute atomic E-state index is 0. The van der Waals surface area contributed by atoms with Crippen LogP contribution in [0.5, 0.6) is 0 Å². The van der Waals surface area contributed by atoms with Gasteiger partial charge in [-0.25, -0.2) is 0 Å². The Morgan fingerprint density at radius 1 is 0.457 bits per heavy atom. The molecule has 0 saturated carbocycles. The average molecular weight is 1180 g/mol. The van der Waals surface area contributed by atoms with Gasteiger partial charge in [-0.3, -0.25) is 28.8 Å². The Kier molecular flexibility index (Phi) is 63.6. The normalized spacial score (nSPS) is 12.7. The van der Waals surface area contributed by atoms with Crippen LogP contribution in [-0.4, -0.2) is 119 Å². The van der Waals surface area contributed by atoms with Crippen molar-refractivity contribution in [3.8, 4) is 0 Å². The average Bonchev–Trinajstić information content (AvgIpc) is 3.42. The maximum Gasteiger partial charge on any atom is 0.305 e. The monoisotopic (exact) mass is 1170 g/mol. The molecular formula is C64H110N4O11S2. The molecule has 2 atom stereocenters. The Morgan fingerprint density at radius 3 is 1.07 bits per heavy atom. The molecule has 8 N–H and O–H groups in total. The van der Waals surface area contributed by atoms with Gasteiger partial charge in [0, 0.05) is 74.2 Å². The van der Waals surface area contributed by atoms with E-state index >= 15 is 0 Å². The Bertz CT molecular complexity index is 1920. The number of rotatable bonds is 43. The molecule has 81 heavy (non-hydrogen) atoms. The quantitative estimate of drug-likeness (QED) is 0.0119. The predicted molar refractivity (Wildman–Crippen MR) is 344 cm³/mol. The van der Waals surface area contributed by atoms with Gasteiger partial charge in [-0.2, -0.15) is 25.3 Å². The van der Waals surface area contributed by atoms with E-state index in [-0.39, 0.29) is 84.6 Å². The summed E-state index contributed by atoms with van der Waals surface area (Å²) in [4.78, 5) is 68.9. The number of amides is 4. The number of carbonyl (C=O) groups is 6. The van der Waals surface area contributed by atoms with Gasteiger partial charge >= 0.3 is 11.9 Å². The number of allylic oxidation sites excluding steroid dienone is 20. The summed E-state index contributed by atoms with van der Waals surface area (Å²) in [6, 6.07) is 0. The zero-order valence-electron chi connectivity index (χ0n) is 48.6. The second-order valence-corrected chi connectivity index (χ2v) is 20.3. The lowest BCUT2D eigenvalue weighted by molar-refractivity contribution is -0.153. The highest BCUT2D eigenvalue weighted by atomic mass is 32.1. The van der Waals surface area contributed by atoms with Crippen LogP contribution in [0.1, 0.15) is 172 Å². The Morgan fingerprint density at radius 2 is 0.765 bits per heavy atom. The fraction of sp³-hybridized carbons (Fsp3) is 0.594. The van der Waals surface area contributed by atoms with Gasteiger partial charge in [0.1, 0.15) is 12.2 Å². The molecule has 0 aliphatic carbocycles. The van der Waals surface area contributed by atoms with E-state index in [0.717, 1.165) is 83.5 Å². The lowest BCUT2D eigenvalue weighted by atomic mass is 9.87. The third-order valence-electron chi connectivity index (χ3n) is 11.0. The third kappa shape index (κ3) is 59.2. The highest BCUT2D eigenvalue weighted by Crippen LogP contribution is 2.22. The maximum absolute atomic E-state index is 12.2. The van der Waals surface area contributed by atoms with E-state index in [1.807, 2.05) is 0 Å². The number of thiol groups is 2. The first kappa shape index (κ1) is 84.6. The summed E-state index contributed by atoms with van der Waals surface area (Å²) >= 11 is 7.96. The van der Waals surface area contributed by atoms with E-state index in [1.165, 1.54) is 0 Å². The van der Waals surface area contributed by atoms with E-state index in [0.29, 0.717) is 31.0 Å². The Hall–Kier alpha value is -5.20. The molecule has 0 aromatic rings. The summed E-state index contributed by atoms with van der Waals surface area (Å²) in [7, 11) is 0. The predicted octanol–water partition coefficient (Wildman–Crippen LogP) is 11.6. The number of carboxylic acid groups (broad SMARTS) is 1. The van der Waals surface area contributed by atoms with Gasteiger partial charge in [0.25, 0.3) is 0 Å². The highest BCUT2D eigenvalue weighted by molar-refractivity contribution is 7.80. The largest absolute Gasteiger partial charge is 0.481 e. The van der Waals surface area contributed by atoms with Crippen molar-refractivity contribution in [2.75, 3.05) is 50.9 Å². The molecular weight excluding hydrogens is 1060 g/mol. The Balaban J connectivity index is -0.000000388. The van der Waals surface area contributed by atoms with Gasteiger partial charge in [0.05, 0.1) is 13.2 Å². The lowest BCUT2D eigenvalue weighted by Gasteiger charge is -2.29. The van der Waals surface area contributed by atoms with Crippen LogP contribution in [-0.2, 0) is 33.5 Å². The third-order valence-corrected chi connectivity index (χ3v) is 11.4. The number of ether oxygens (including phenoxy) is 1. The van der Waals surface area contributed by atoms with E-state index in [1.54, 1.807) is 27.7 Å². The second kappa shape index (κ2) is 60.9. The zero-order chi connectivity index (χ0) is 59.7. The first-order valence-corrected chi connectivity index (χ1v) is 29.3. The van der Waals surface area contributed by atoms with Crippen molar-refractivity contribution in [2.45, 2.75) is 184 Å². The van der Waals surface area contributed by atoms with E-state index in [4.69, 9.17) is 14.9 Å². The number of hydrogen-bond acceptors (Lipinski definition) is 12. The van der Waals surface area contributed by atoms with Gasteiger partial charge in [0.15, 0.2) is 0 Å². The number of aliphatic hydroxyl groups excluding tert-OH is 3. The summed E-state index contributed by atoms with van der Waals surface area (Å²) in [6.07, 6.45) is 54.0. The van der Waals surface area contributed by atoms with Gasteiger partial charge in [-0.05, 0) is 89.9 Å². The van der Waals surface area contributed by atoms with Crippen LogP contribution < -0.4 is 21.3 Å². The number of carbonyl (C=O) groups excluding carboxylic acids is 5. The highest BCUT2D eigenvalue weighted by Gasteiger charge is 2.35. The van der Waals surface area contributed by atoms with Crippen molar-refractivity contribution in [1.82, 2.24) is 21.3 Å². The minimum atomic E-state index is -1.37. The fourth-order valence-electron chi connectivity index (χ4n) is 6.05. The van der Waals surface area contributed by atoms with Crippen LogP contribution in [0.2, 0.25) is 0 Å². The van der Waals surface area contributed by atoms with Crippen LogP contribution >= 0.6 is 25.3 Å². The van der Waals surface area contributed by atoms with Crippen molar-refractivity contribution in [3.05, 3.63) is 122 Å². The van der Waals surface area contributed by atoms with Crippen LogP contribution in [0.25, 0.3) is 0 Å². The zero-order valence-corrected chi connectivity index (χ0v) is 50.4. The molecule has 0 spiro atoms. The number of carboxylic acids is 1. The summed E-state index contributed by atoms with van der Waals surface area (Å²) in [6.45, 7) is 11.6. The molecule has 17 heteroatoms. The molecule has 0 rings (SSSR count). The maximum atomic E-state index is 12.2. The lowest BCUT2D eigenvalue weighted by Crippen LogP contribution is -2.47. The molecule has 4 amide bonds. The molecule has 464 valence electrons. The summed E-state index contributed by atoms with van der Waals surface area (Å²) in [5.41, 5.74) is -1.86. The second-order valence-electron chi connectivity index (χ2n) is 19.4. The molecule has 0 aromatic heterocycles. The standard InChI is InChI=1S/C31H50N2O5S.C20H30O2.C11H22N2O4S.2CH4/c1-4-5-6-7-8-9-10-11-12-13-14-15-16-17-18-19-20-21-28(35)38-26-31(2,3)29(36)30(37)33-23-22-27(34)32-24-25-39;1-2-3-4-5-6-7-8-9-10-11-12-13-14-15-16-17-18-19-20(21)22;1-11(2,7-14)9(16)10(17)13-4-3-8(15)12-5-6-18;;/h5-6,8-9,11-12,14-15,17-18,29,36,39H,4,7,10,13,16,19-26H2,1-3H3,(H,32,34)(H,33,37);3-4,6-7,9-10,12-13,15-16H,2,5,8,11,14,17-19H2,1H3,(H,21,22);9,14,16,18H,3-7H2,1-2H3,(H,12,15)(H,13,17);2*1H4/b6-5-,9-8-,12-11-,15-14-,18-17-;4-3-,7-6-,10-9-,13-12-,16-15-;;;/t29-;;9-;;/m0.0../s1. The van der Waals surface area contributed by atoms with Crippen LogP contribution in [0.4, 0.5) is 0 Å². The van der Waals surface area contributed by atoms with Crippen molar-refractivity contribution >= 4 is 60.8 Å². The van der Waals surface area contributed by atoms with Crippen LogP contribution in [0.15, 0.2) is 122 Å². The molecule has 0 bridgehead atoms. The van der Waals surface area contributed by atoms with E-state index < -0.39 is 40.8 Å². The molecule has 0 aliphatic heterocycles. The van der Waals surface area contributed by atoms with E-state index in [9.17, 15) is 39.0 Å². The summed E-state index contributed by atoms with van der Waals surface area (Å²) < 4.78 is 5.29. The molecule has 0 aliphatic rings. The minimum Gasteiger partial charge on any atom is -0.481 e. The number of nitrogens with one attached hydrogen (secondary N) is 4.